The maximum absolute atomic E-state index is 12.0. The van der Waals surface area contributed by atoms with Gasteiger partial charge in [0.1, 0.15) is 5.69 Å². The Morgan fingerprint density at radius 2 is 2.39 bits per heavy atom. The number of amides is 1. The zero-order valence-electron chi connectivity index (χ0n) is 10.4. The van der Waals surface area contributed by atoms with Gasteiger partial charge in [-0.15, -0.1) is 0 Å². The van der Waals surface area contributed by atoms with Gasteiger partial charge < -0.3 is 15.5 Å². The van der Waals surface area contributed by atoms with Crippen molar-refractivity contribution in [2.75, 3.05) is 5.73 Å². The number of rotatable bonds is 4. The molecule has 0 aliphatic carbocycles. The summed E-state index contributed by atoms with van der Waals surface area (Å²) < 4.78 is 6.44. The van der Waals surface area contributed by atoms with E-state index < -0.39 is 0 Å². The van der Waals surface area contributed by atoms with Crippen LogP contribution < -0.4 is 11.1 Å². The molecule has 0 saturated carbocycles. The molecule has 0 unspecified atom stereocenters. The number of carbonyl (C=O) groups is 1. The Morgan fingerprint density at radius 1 is 1.61 bits per heavy atom. The lowest BCUT2D eigenvalue weighted by molar-refractivity contribution is 0.0942. The third-order valence-corrected chi connectivity index (χ3v) is 2.74. The first-order valence-electron chi connectivity index (χ1n) is 5.74. The van der Waals surface area contributed by atoms with Gasteiger partial charge in [-0.05, 0) is 12.5 Å². The summed E-state index contributed by atoms with van der Waals surface area (Å²) in [5, 5.41) is 6.99. The average Bonchev–Trinajstić information content (AvgIpc) is 2.94. The quantitative estimate of drug-likeness (QED) is 0.848. The second-order valence-corrected chi connectivity index (χ2v) is 4.00. The lowest BCUT2D eigenvalue weighted by Gasteiger charge is -2.04. The number of carbonyl (C=O) groups excluding carboxylic acids is 1. The van der Waals surface area contributed by atoms with E-state index in [0.717, 1.165) is 11.3 Å². The number of nitrogens with zero attached hydrogens (tertiary/aromatic N) is 2. The van der Waals surface area contributed by atoms with Gasteiger partial charge in [0.25, 0.3) is 5.91 Å². The molecule has 2 heterocycles. The van der Waals surface area contributed by atoms with Crippen molar-refractivity contribution in [2.45, 2.75) is 19.9 Å². The van der Waals surface area contributed by atoms with Crippen LogP contribution in [0.2, 0.25) is 0 Å². The van der Waals surface area contributed by atoms with Crippen LogP contribution in [0.15, 0.2) is 23.0 Å². The highest BCUT2D eigenvalue weighted by molar-refractivity contribution is 5.97. The minimum atomic E-state index is -0.233. The van der Waals surface area contributed by atoms with Gasteiger partial charge >= 0.3 is 0 Å². The first-order valence-corrected chi connectivity index (χ1v) is 5.74. The Morgan fingerprint density at radius 3 is 2.94 bits per heavy atom. The van der Waals surface area contributed by atoms with Gasteiger partial charge in [-0.1, -0.05) is 6.92 Å². The highest BCUT2D eigenvalue weighted by Gasteiger charge is 2.18. The Kier molecular flexibility index (Phi) is 3.36. The molecule has 1 amide bonds. The van der Waals surface area contributed by atoms with E-state index in [-0.39, 0.29) is 5.91 Å². The smallest absolute Gasteiger partial charge is 0.271 e. The molecule has 6 nitrogen and oxygen atoms in total. The van der Waals surface area contributed by atoms with E-state index in [4.69, 9.17) is 10.2 Å². The molecule has 0 atom stereocenters. The summed E-state index contributed by atoms with van der Waals surface area (Å²) in [6, 6.07) is 1.80. The van der Waals surface area contributed by atoms with Crippen molar-refractivity contribution in [1.29, 1.82) is 0 Å². The number of anilines is 1. The highest BCUT2D eigenvalue weighted by Crippen LogP contribution is 2.16. The molecule has 18 heavy (non-hydrogen) atoms. The van der Waals surface area contributed by atoms with Crippen LogP contribution >= 0.6 is 0 Å². The van der Waals surface area contributed by atoms with Crippen LogP contribution in [-0.4, -0.2) is 15.7 Å². The fourth-order valence-electron chi connectivity index (χ4n) is 1.79. The summed E-state index contributed by atoms with van der Waals surface area (Å²) in [7, 11) is 1.71. The number of furan rings is 1. The summed E-state index contributed by atoms with van der Waals surface area (Å²) in [6.45, 7) is 2.35. The van der Waals surface area contributed by atoms with E-state index in [2.05, 4.69) is 10.4 Å². The van der Waals surface area contributed by atoms with Gasteiger partial charge in [0.15, 0.2) is 0 Å². The fraction of sp³-hybridized carbons (Fsp3) is 0.333. The van der Waals surface area contributed by atoms with Crippen LogP contribution in [0.4, 0.5) is 5.69 Å². The van der Waals surface area contributed by atoms with Crippen molar-refractivity contribution < 1.29 is 9.21 Å². The highest BCUT2D eigenvalue weighted by atomic mass is 16.3. The summed E-state index contributed by atoms with van der Waals surface area (Å²) in [5.74, 6) is -0.233. The molecule has 0 bridgehead atoms. The molecule has 2 rings (SSSR count). The number of nitrogen functional groups attached to an aromatic ring is 1. The third-order valence-electron chi connectivity index (χ3n) is 2.74. The van der Waals surface area contributed by atoms with Gasteiger partial charge in [0.2, 0.25) is 0 Å². The summed E-state index contributed by atoms with van der Waals surface area (Å²) in [6.07, 6.45) is 3.86. The van der Waals surface area contributed by atoms with Crippen molar-refractivity contribution >= 4 is 11.6 Å². The van der Waals surface area contributed by atoms with Crippen LogP contribution in [0.5, 0.6) is 0 Å². The van der Waals surface area contributed by atoms with Crippen LogP contribution in [0, 0.1) is 0 Å². The van der Waals surface area contributed by atoms with E-state index in [1.165, 1.54) is 4.68 Å². The molecule has 2 aromatic rings. The molecule has 0 radical (unpaired) electrons. The number of nitrogens with one attached hydrogen (secondary N) is 1. The summed E-state index contributed by atoms with van der Waals surface area (Å²) in [4.78, 5) is 12.0. The molecule has 0 saturated heterocycles. The van der Waals surface area contributed by atoms with Crippen LogP contribution in [0.25, 0.3) is 0 Å². The molecule has 3 N–H and O–H groups in total. The van der Waals surface area contributed by atoms with E-state index in [9.17, 15) is 4.79 Å². The number of aromatic nitrogens is 2. The molecular formula is C12H16N4O2. The van der Waals surface area contributed by atoms with Crippen LogP contribution in [-0.2, 0) is 20.0 Å². The average molecular weight is 248 g/mol. The van der Waals surface area contributed by atoms with Crippen molar-refractivity contribution in [3.8, 4) is 0 Å². The normalized spacial score (nSPS) is 10.6. The minimum absolute atomic E-state index is 0.233. The summed E-state index contributed by atoms with van der Waals surface area (Å²) in [5.41, 5.74) is 8.39. The largest absolute Gasteiger partial charge is 0.472 e. The van der Waals surface area contributed by atoms with Crippen molar-refractivity contribution in [1.82, 2.24) is 15.1 Å². The number of aryl methyl sites for hydroxylation is 2. The zero-order chi connectivity index (χ0) is 13.1. The van der Waals surface area contributed by atoms with Gasteiger partial charge in [0.05, 0.1) is 23.9 Å². The van der Waals surface area contributed by atoms with Gasteiger partial charge in [-0.25, -0.2) is 0 Å². The zero-order valence-corrected chi connectivity index (χ0v) is 10.4. The second-order valence-electron chi connectivity index (χ2n) is 4.00. The third kappa shape index (κ3) is 2.22. The van der Waals surface area contributed by atoms with Crippen LogP contribution in [0.3, 0.4) is 0 Å². The predicted molar refractivity (Wildman–Crippen MR) is 66.9 cm³/mol. The Hall–Kier alpha value is -2.24. The second kappa shape index (κ2) is 4.95. The van der Waals surface area contributed by atoms with Gasteiger partial charge in [-0.2, -0.15) is 5.10 Å². The molecule has 0 aliphatic rings. The molecule has 6 heteroatoms. The van der Waals surface area contributed by atoms with E-state index >= 15 is 0 Å². The van der Waals surface area contributed by atoms with Crippen molar-refractivity contribution in [3.05, 3.63) is 35.5 Å². The van der Waals surface area contributed by atoms with Crippen LogP contribution in [0.1, 0.15) is 28.7 Å². The first kappa shape index (κ1) is 12.2. The Bertz CT molecular complexity index is 543. The van der Waals surface area contributed by atoms with E-state index in [1.807, 2.05) is 6.92 Å². The maximum Gasteiger partial charge on any atom is 0.271 e. The number of nitrogens with two attached hydrogens (primary N) is 1. The standard InChI is InChI=1S/C12H16N4O2/c1-3-9-10(13)11(16(2)15-9)12(17)14-6-8-4-5-18-7-8/h4-5,7H,3,6,13H2,1-2H3,(H,14,17). The predicted octanol–water partition coefficient (Wildman–Crippen LogP) is 1.09. The Balaban J connectivity index is 2.11. The van der Waals surface area contributed by atoms with E-state index in [0.29, 0.717) is 24.3 Å². The molecule has 0 aromatic carbocycles. The maximum atomic E-state index is 12.0. The Labute approximate surface area is 105 Å². The first-order chi connectivity index (χ1) is 8.63. The lowest BCUT2D eigenvalue weighted by Crippen LogP contribution is -2.25. The molecule has 96 valence electrons. The molecular weight excluding hydrogens is 232 g/mol. The monoisotopic (exact) mass is 248 g/mol. The fourth-order valence-corrected chi connectivity index (χ4v) is 1.79. The molecule has 0 aliphatic heterocycles. The van der Waals surface area contributed by atoms with Crippen molar-refractivity contribution in [3.63, 3.8) is 0 Å². The molecule has 0 spiro atoms. The van der Waals surface area contributed by atoms with E-state index in [1.54, 1.807) is 25.6 Å². The number of hydrogen-bond acceptors (Lipinski definition) is 4. The van der Waals surface area contributed by atoms with Gasteiger partial charge in [-0.3, -0.25) is 9.48 Å². The minimum Gasteiger partial charge on any atom is -0.472 e. The van der Waals surface area contributed by atoms with Gasteiger partial charge in [0, 0.05) is 19.2 Å². The SMILES string of the molecule is CCc1nn(C)c(C(=O)NCc2ccoc2)c1N. The molecule has 0 fully saturated rings. The van der Waals surface area contributed by atoms with Crippen molar-refractivity contribution in [2.24, 2.45) is 7.05 Å². The topological polar surface area (TPSA) is 86.1 Å². The summed E-state index contributed by atoms with van der Waals surface area (Å²) >= 11 is 0. The number of hydrogen-bond donors (Lipinski definition) is 2. The molecule has 2 aromatic heterocycles. The lowest BCUT2D eigenvalue weighted by atomic mass is 10.2.